The van der Waals surface area contributed by atoms with Gasteiger partial charge in [0, 0.05) is 16.6 Å². The number of carbonyl (C=O) groups is 1. The molecule has 0 spiro atoms. The molecule has 4 nitrogen and oxygen atoms in total. The number of hydrogen-bond acceptors (Lipinski definition) is 3. The van der Waals surface area contributed by atoms with Crippen molar-refractivity contribution in [2.75, 3.05) is 5.32 Å². The first kappa shape index (κ1) is 17.5. The number of nitrogens with zero attached hydrogens (tertiary/aromatic N) is 1. The first-order valence-electron chi connectivity index (χ1n) is 7.72. The summed E-state index contributed by atoms with van der Waals surface area (Å²) in [5.74, 6) is 0.129. The molecule has 0 fully saturated rings. The van der Waals surface area contributed by atoms with Crippen LogP contribution in [0.5, 0.6) is 5.75 Å². The van der Waals surface area contributed by atoms with Gasteiger partial charge in [0.25, 0.3) is 5.91 Å². The molecule has 6 heteroatoms. The Morgan fingerprint density at radius 1 is 1.20 bits per heavy atom. The molecule has 1 amide bonds. The maximum Gasteiger partial charge on any atom is 0.265 e. The number of fused-ring (bicyclic) bond motifs is 1. The van der Waals surface area contributed by atoms with E-state index in [2.05, 4.69) is 10.3 Å². The summed E-state index contributed by atoms with van der Waals surface area (Å²) < 4.78 is 5.65. The van der Waals surface area contributed by atoms with Crippen LogP contribution in [-0.2, 0) is 4.79 Å². The molecule has 3 rings (SSSR count). The Morgan fingerprint density at radius 2 is 2.00 bits per heavy atom. The Labute approximate surface area is 155 Å². The van der Waals surface area contributed by atoms with Crippen molar-refractivity contribution in [1.82, 2.24) is 4.98 Å². The van der Waals surface area contributed by atoms with Crippen molar-refractivity contribution in [1.29, 1.82) is 0 Å². The lowest BCUT2D eigenvalue weighted by Crippen LogP contribution is -2.30. The number of anilines is 1. The van der Waals surface area contributed by atoms with Crippen molar-refractivity contribution >= 4 is 45.7 Å². The van der Waals surface area contributed by atoms with Crippen LogP contribution in [0.2, 0.25) is 10.0 Å². The van der Waals surface area contributed by atoms with E-state index in [0.717, 1.165) is 16.5 Å². The SMILES string of the molecule is Cc1ccc(NC(=O)[C@@H](C)Oc2ccc(Cl)cc2Cl)c2cccnc12. The van der Waals surface area contributed by atoms with E-state index in [0.29, 0.717) is 21.5 Å². The highest BCUT2D eigenvalue weighted by Crippen LogP contribution is 2.29. The molecule has 128 valence electrons. The van der Waals surface area contributed by atoms with Crippen LogP contribution in [0.3, 0.4) is 0 Å². The molecule has 0 bridgehead atoms. The predicted molar refractivity (Wildman–Crippen MR) is 102 cm³/mol. The lowest BCUT2D eigenvalue weighted by molar-refractivity contribution is -0.122. The van der Waals surface area contributed by atoms with Crippen LogP contribution < -0.4 is 10.1 Å². The van der Waals surface area contributed by atoms with Crippen LogP contribution in [0.25, 0.3) is 10.9 Å². The fourth-order valence-electron chi connectivity index (χ4n) is 2.47. The molecule has 3 aromatic rings. The second-order valence-electron chi connectivity index (χ2n) is 5.65. The predicted octanol–water partition coefficient (Wildman–Crippen LogP) is 5.26. The lowest BCUT2D eigenvalue weighted by atomic mass is 10.1. The molecule has 2 aromatic carbocycles. The summed E-state index contributed by atoms with van der Waals surface area (Å²) in [7, 11) is 0. The second-order valence-corrected chi connectivity index (χ2v) is 6.50. The van der Waals surface area contributed by atoms with Gasteiger partial charge >= 0.3 is 0 Å². The standard InChI is InChI=1S/C19H16Cl2N2O2/c1-11-5-7-16(14-4-3-9-22-18(11)14)23-19(24)12(2)25-17-8-6-13(20)10-15(17)21/h3-10,12H,1-2H3,(H,23,24)/t12-/m1/s1. The topological polar surface area (TPSA) is 51.2 Å². The maximum absolute atomic E-state index is 12.5. The van der Waals surface area contributed by atoms with Gasteiger partial charge in [0.15, 0.2) is 6.10 Å². The van der Waals surface area contributed by atoms with Crippen molar-refractivity contribution in [3.8, 4) is 5.75 Å². The minimum atomic E-state index is -0.730. The van der Waals surface area contributed by atoms with Gasteiger partial charge in [0.1, 0.15) is 5.75 Å². The molecular weight excluding hydrogens is 359 g/mol. The first-order valence-corrected chi connectivity index (χ1v) is 8.48. The minimum Gasteiger partial charge on any atom is -0.479 e. The third kappa shape index (κ3) is 3.86. The van der Waals surface area contributed by atoms with E-state index in [1.54, 1.807) is 31.3 Å². The van der Waals surface area contributed by atoms with Crippen LogP contribution in [-0.4, -0.2) is 17.0 Å². The van der Waals surface area contributed by atoms with Gasteiger partial charge in [0.2, 0.25) is 0 Å². The summed E-state index contributed by atoms with van der Waals surface area (Å²) in [6, 6.07) is 12.4. The zero-order valence-electron chi connectivity index (χ0n) is 13.7. The van der Waals surface area contributed by atoms with Crippen molar-refractivity contribution in [2.24, 2.45) is 0 Å². The van der Waals surface area contributed by atoms with Crippen molar-refractivity contribution in [3.63, 3.8) is 0 Å². The Morgan fingerprint density at radius 3 is 2.76 bits per heavy atom. The molecule has 1 N–H and O–H groups in total. The van der Waals surface area contributed by atoms with Gasteiger partial charge in [0.05, 0.1) is 16.2 Å². The molecule has 1 aromatic heterocycles. The third-order valence-corrected chi connectivity index (χ3v) is 4.33. The molecule has 25 heavy (non-hydrogen) atoms. The van der Waals surface area contributed by atoms with Crippen LogP contribution in [0, 0.1) is 6.92 Å². The molecule has 1 heterocycles. The van der Waals surface area contributed by atoms with Gasteiger partial charge in [-0.15, -0.1) is 0 Å². The van der Waals surface area contributed by atoms with Crippen LogP contribution in [0.4, 0.5) is 5.69 Å². The number of aromatic nitrogens is 1. The summed E-state index contributed by atoms with van der Waals surface area (Å²) in [6.45, 7) is 3.64. The highest BCUT2D eigenvalue weighted by molar-refractivity contribution is 6.35. The first-order chi connectivity index (χ1) is 12.0. The van der Waals surface area contributed by atoms with Crippen LogP contribution >= 0.6 is 23.2 Å². The summed E-state index contributed by atoms with van der Waals surface area (Å²) in [5, 5.41) is 4.64. The smallest absolute Gasteiger partial charge is 0.265 e. The van der Waals surface area contributed by atoms with Gasteiger partial charge in [-0.25, -0.2) is 0 Å². The van der Waals surface area contributed by atoms with E-state index in [1.165, 1.54) is 0 Å². The van der Waals surface area contributed by atoms with Crippen molar-refractivity contribution in [3.05, 3.63) is 64.3 Å². The molecular formula is C19H16Cl2N2O2. The van der Waals surface area contributed by atoms with E-state index in [9.17, 15) is 4.79 Å². The molecule has 0 aliphatic heterocycles. The van der Waals surface area contributed by atoms with E-state index < -0.39 is 6.10 Å². The Kier molecular flexibility index (Phi) is 5.11. The number of amides is 1. The van der Waals surface area contributed by atoms with E-state index in [4.69, 9.17) is 27.9 Å². The van der Waals surface area contributed by atoms with Crippen molar-refractivity contribution in [2.45, 2.75) is 20.0 Å². The summed E-state index contributed by atoms with van der Waals surface area (Å²) in [4.78, 5) is 16.9. The molecule has 0 unspecified atom stereocenters. The highest BCUT2D eigenvalue weighted by Gasteiger charge is 2.17. The molecule has 0 saturated carbocycles. The Hall–Kier alpha value is -2.30. The quantitative estimate of drug-likeness (QED) is 0.677. The maximum atomic E-state index is 12.5. The molecule has 0 saturated heterocycles. The number of carbonyl (C=O) groups excluding carboxylic acids is 1. The molecule has 0 aliphatic rings. The zero-order valence-corrected chi connectivity index (χ0v) is 15.2. The number of ether oxygens (including phenoxy) is 1. The number of hydrogen-bond donors (Lipinski definition) is 1. The lowest BCUT2D eigenvalue weighted by Gasteiger charge is -2.17. The van der Waals surface area contributed by atoms with Gasteiger partial charge in [-0.05, 0) is 55.8 Å². The van der Waals surface area contributed by atoms with Gasteiger partial charge in [-0.3, -0.25) is 9.78 Å². The number of halogens is 2. The highest BCUT2D eigenvalue weighted by atomic mass is 35.5. The monoisotopic (exact) mass is 374 g/mol. The average molecular weight is 375 g/mol. The van der Waals surface area contributed by atoms with E-state index >= 15 is 0 Å². The summed E-state index contributed by atoms with van der Waals surface area (Å²) in [6.07, 6.45) is 1.00. The van der Waals surface area contributed by atoms with Gasteiger partial charge in [-0.2, -0.15) is 0 Å². The van der Waals surface area contributed by atoms with Crippen LogP contribution in [0.1, 0.15) is 12.5 Å². The summed E-state index contributed by atoms with van der Waals surface area (Å²) in [5.41, 5.74) is 2.59. The number of benzene rings is 2. The molecule has 1 atom stereocenters. The largest absolute Gasteiger partial charge is 0.479 e. The number of nitrogens with one attached hydrogen (secondary N) is 1. The van der Waals surface area contributed by atoms with Gasteiger partial charge < -0.3 is 10.1 Å². The fourth-order valence-corrected chi connectivity index (χ4v) is 2.93. The third-order valence-electron chi connectivity index (χ3n) is 3.80. The van der Waals surface area contributed by atoms with E-state index in [-0.39, 0.29) is 5.91 Å². The van der Waals surface area contributed by atoms with E-state index in [1.807, 2.05) is 31.2 Å². The average Bonchev–Trinajstić information content (AvgIpc) is 2.60. The normalized spacial score (nSPS) is 12.0. The van der Waals surface area contributed by atoms with Crippen molar-refractivity contribution < 1.29 is 9.53 Å². The number of aryl methyl sites for hydroxylation is 1. The number of rotatable bonds is 4. The fraction of sp³-hybridized carbons (Fsp3) is 0.158. The second kappa shape index (κ2) is 7.30. The molecule has 0 aliphatic carbocycles. The minimum absolute atomic E-state index is 0.278. The summed E-state index contributed by atoms with van der Waals surface area (Å²) >= 11 is 12.0. The Balaban J connectivity index is 1.79. The number of pyridine rings is 1. The zero-order chi connectivity index (χ0) is 18.0. The van der Waals surface area contributed by atoms with Gasteiger partial charge in [-0.1, -0.05) is 29.3 Å². The Bertz CT molecular complexity index is 944. The van der Waals surface area contributed by atoms with Crippen LogP contribution in [0.15, 0.2) is 48.7 Å². The molecule has 0 radical (unpaired) electrons.